The van der Waals surface area contributed by atoms with Crippen molar-refractivity contribution in [1.29, 1.82) is 0 Å². The van der Waals surface area contributed by atoms with Gasteiger partial charge in [-0.05, 0) is 42.2 Å². The maximum Gasteiger partial charge on any atom is 0.224 e. The van der Waals surface area contributed by atoms with E-state index in [-0.39, 0.29) is 11.3 Å². The van der Waals surface area contributed by atoms with Crippen LogP contribution >= 0.6 is 15.9 Å². The van der Waals surface area contributed by atoms with Gasteiger partial charge in [0.05, 0.1) is 6.42 Å². The molecular weight excluding hydrogens is 340 g/mol. The number of nitrogen functional groups attached to an aromatic ring is 1. The second-order valence-corrected chi connectivity index (χ2v) is 6.81. The first-order valence-electron chi connectivity index (χ1n) is 7.45. The van der Waals surface area contributed by atoms with Gasteiger partial charge in [0.1, 0.15) is 0 Å². The van der Waals surface area contributed by atoms with Gasteiger partial charge in [0.15, 0.2) is 0 Å². The van der Waals surface area contributed by atoms with Crippen LogP contribution in [0, 0.1) is 0 Å². The Hall–Kier alpha value is -1.81. The fourth-order valence-electron chi connectivity index (χ4n) is 2.73. The molecule has 3 rings (SSSR count). The van der Waals surface area contributed by atoms with Crippen LogP contribution in [0.1, 0.15) is 24.0 Å². The molecule has 3 nitrogen and oxygen atoms in total. The number of hydrogen-bond donors (Lipinski definition) is 2. The average molecular weight is 359 g/mol. The maximum atomic E-state index is 12.1. The summed E-state index contributed by atoms with van der Waals surface area (Å²) in [7, 11) is 0. The molecule has 0 unspecified atom stereocenters. The predicted molar refractivity (Wildman–Crippen MR) is 92.6 cm³/mol. The first-order valence-corrected chi connectivity index (χ1v) is 8.24. The van der Waals surface area contributed by atoms with Crippen molar-refractivity contribution in [1.82, 2.24) is 5.32 Å². The number of carbonyl (C=O) groups excluding carboxylic acids is 1. The molecule has 2 aromatic rings. The van der Waals surface area contributed by atoms with E-state index in [9.17, 15) is 4.79 Å². The Kier molecular flexibility index (Phi) is 4.21. The molecule has 0 radical (unpaired) electrons. The van der Waals surface area contributed by atoms with Gasteiger partial charge in [-0.3, -0.25) is 4.79 Å². The van der Waals surface area contributed by atoms with Crippen molar-refractivity contribution in [3.8, 4) is 0 Å². The minimum absolute atomic E-state index is 0.0584. The van der Waals surface area contributed by atoms with Crippen LogP contribution in [0.4, 0.5) is 5.69 Å². The first-order chi connectivity index (χ1) is 10.6. The Morgan fingerprint density at radius 1 is 1.14 bits per heavy atom. The molecule has 1 aliphatic carbocycles. The largest absolute Gasteiger partial charge is 0.399 e. The molecule has 2 aromatic carbocycles. The molecule has 1 saturated carbocycles. The van der Waals surface area contributed by atoms with Crippen LogP contribution in [-0.2, 0) is 16.6 Å². The second kappa shape index (κ2) is 6.13. The summed E-state index contributed by atoms with van der Waals surface area (Å²) in [6, 6.07) is 15.7. The Balaban J connectivity index is 1.59. The number of nitrogens with two attached hydrogens (primary N) is 1. The second-order valence-electron chi connectivity index (χ2n) is 5.96. The minimum Gasteiger partial charge on any atom is -0.399 e. The van der Waals surface area contributed by atoms with Crippen LogP contribution in [0.15, 0.2) is 53.0 Å². The lowest BCUT2D eigenvalue weighted by Crippen LogP contribution is -2.33. The molecule has 0 atom stereocenters. The average Bonchev–Trinajstić information content (AvgIpc) is 3.29. The van der Waals surface area contributed by atoms with Crippen molar-refractivity contribution in [2.75, 3.05) is 12.3 Å². The summed E-state index contributed by atoms with van der Waals surface area (Å²) < 4.78 is 1.13. The number of halogens is 1. The molecule has 0 saturated heterocycles. The zero-order valence-electron chi connectivity index (χ0n) is 12.3. The molecule has 1 amide bonds. The predicted octanol–water partition coefficient (Wildman–Crippen LogP) is 3.42. The third-order valence-corrected chi connectivity index (χ3v) is 4.96. The third kappa shape index (κ3) is 3.33. The van der Waals surface area contributed by atoms with Crippen molar-refractivity contribution in [2.45, 2.75) is 24.7 Å². The smallest absolute Gasteiger partial charge is 0.224 e. The highest BCUT2D eigenvalue weighted by Gasteiger charge is 2.45. The Morgan fingerprint density at radius 2 is 1.82 bits per heavy atom. The molecule has 0 aromatic heterocycles. The van der Waals surface area contributed by atoms with E-state index in [2.05, 4.69) is 39.4 Å². The zero-order chi connectivity index (χ0) is 15.6. The minimum atomic E-state index is 0.0584. The highest BCUT2D eigenvalue weighted by atomic mass is 79.9. The van der Waals surface area contributed by atoms with E-state index in [1.54, 1.807) is 0 Å². The summed E-state index contributed by atoms with van der Waals surface area (Å²) in [6.07, 6.45) is 2.64. The van der Waals surface area contributed by atoms with E-state index in [1.165, 1.54) is 5.56 Å². The van der Waals surface area contributed by atoms with Gasteiger partial charge in [-0.15, -0.1) is 0 Å². The molecule has 1 aliphatic rings. The van der Waals surface area contributed by atoms with Gasteiger partial charge in [0.25, 0.3) is 0 Å². The van der Waals surface area contributed by atoms with E-state index in [0.717, 1.165) is 28.6 Å². The molecular formula is C18H19BrN2O. The molecule has 22 heavy (non-hydrogen) atoms. The van der Waals surface area contributed by atoms with E-state index in [0.29, 0.717) is 13.0 Å². The van der Waals surface area contributed by atoms with Crippen molar-refractivity contribution >= 4 is 27.5 Å². The number of amides is 1. The fraction of sp³-hybridized carbons (Fsp3) is 0.278. The third-order valence-electron chi connectivity index (χ3n) is 4.27. The first kappa shape index (κ1) is 15.1. The summed E-state index contributed by atoms with van der Waals surface area (Å²) in [5.41, 5.74) is 8.76. The summed E-state index contributed by atoms with van der Waals surface area (Å²) >= 11 is 3.62. The van der Waals surface area contributed by atoms with Gasteiger partial charge < -0.3 is 11.1 Å². The quantitative estimate of drug-likeness (QED) is 0.804. The molecule has 0 heterocycles. The lowest BCUT2D eigenvalue weighted by Gasteiger charge is -2.18. The van der Waals surface area contributed by atoms with Crippen molar-refractivity contribution in [3.05, 3.63) is 64.1 Å². The molecule has 3 N–H and O–H groups in total. The monoisotopic (exact) mass is 358 g/mol. The number of anilines is 1. The van der Waals surface area contributed by atoms with Gasteiger partial charge in [0, 0.05) is 22.1 Å². The lowest BCUT2D eigenvalue weighted by atomic mass is 9.96. The van der Waals surface area contributed by atoms with Crippen LogP contribution in [0.3, 0.4) is 0 Å². The van der Waals surface area contributed by atoms with Gasteiger partial charge in [0.2, 0.25) is 5.91 Å². The molecule has 1 fully saturated rings. The van der Waals surface area contributed by atoms with Gasteiger partial charge in [-0.1, -0.05) is 46.3 Å². The number of hydrogen-bond acceptors (Lipinski definition) is 2. The van der Waals surface area contributed by atoms with Crippen LogP contribution in [-0.4, -0.2) is 12.5 Å². The molecule has 0 spiro atoms. The SMILES string of the molecule is Nc1ccc(CC(=O)NCC2(c3ccccc3Br)CC2)cc1. The van der Waals surface area contributed by atoms with Crippen molar-refractivity contribution in [3.63, 3.8) is 0 Å². The summed E-state index contributed by atoms with van der Waals surface area (Å²) in [5.74, 6) is 0.0584. The van der Waals surface area contributed by atoms with E-state index in [4.69, 9.17) is 5.73 Å². The van der Waals surface area contributed by atoms with E-state index >= 15 is 0 Å². The Morgan fingerprint density at radius 3 is 2.45 bits per heavy atom. The van der Waals surface area contributed by atoms with Crippen LogP contribution in [0.5, 0.6) is 0 Å². The standard InChI is InChI=1S/C18H19BrN2O/c19-16-4-2-1-3-15(16)18(9-10-18)12-21-17(22)11-13-5-7-14(20)8-6-13/h1-8H,9-12,20H2,(H,21,22). The van der Waals surface area contributed by atoms with E-state index < -0.39 is 0 Å². The topological polar surface area (TPSA) is 55.1 Å². The number of carbonyl (C=O) groups is 1. The summed E-state index contributed by atoms with van der Waals surface area (Å²) in [6.45, 7) is 0.698. The highest BCUT2D eigenvalue weighted by Crippen LogP contribution is 2.49. The van der Waals surface area contributed by atoms with Crippen molar-refractivity contribution in [2.24, 2.45) is 0 Å². The maximum absolute atomic E-state index is 12.1. The number of benzene rings is 2. The molecule has 0 aliphatic heterocycles. The highest BCUT2D eigenvalue weighted by molar-refractivity contribution is 9.10. The summed E-state index contributed by atoms with van der Waals surface area (Å²) in [4.78, 5) is 12.1. The zero-order valence-corrected chi connectivity index (χ0v) is 13.9. The fourth-order valence-corrected chi connectivity index (χ4v) is 3.44. The number of nitrogens with one attached hydrogen (secondary N) is 1. The van der Waals surface area contributed by atoms with Crippen LogP contribution in [0.2, 0.25) is 0 Å². The van der Waals surface area contributed by atoms with Gasteiger partial charge >= 0.3 is 0 Å². The van der Waals surface area contributed by atoms with Gasteiger partial charge in [-0.25, -0.2) is 0 Å². The van der Waals surface area contributed by atoms with Crippen molar-refractivity contribution < 1.29 is 4.79 Å². The van der Waals surface area contributed by atoms with Gasteiger partial charge in [-0.2, -0.15) is 0 Å². The number of rotatable bonds is 5. The lowest BCUT2D eigenvalue weighted by molar-refractivity contribution is -0.120. The molecule has 4 heteroatoms. The van der Waals surface area contributed by atoms with Crippen LogP contribution < -0.4 is 11.1 Å². The normalized spacial score (nSPS) is 15.3. The summed E-state index contributed by atoms with van der Waals surface area (Å²) in [5, 5.41) is 3.08. The Labute approximate surface area is 139 Å². The molecule has 0 bridgehead atoms. The van der Waals surface area contributed by atoms with E-state index in [1.807, 2.05) is 30.3 Å². The Bertz CT molecular complexity index is 678. The van der Waals surface area contributed by atoms with Crippen LogP contribution in [0.25, 0.3) is 0 Å². The molecule has 114 valence electrons.